The second-order valence-corrected chi connectivity index (χ2v) is 9.80. The minimum atomic E-state index is 0.558. The summed E-state index contributed by atoms with van der Waals surface area (Å²) < 4.78 is 1.23. The highest BCUT2D eigenvalue weighted by molar-refractivity contribution is 9.11. The number of aromatic nitrogens is 3. The van der Waals surface area contributed by atoms with E-state index >= 15 is 0 Å². The molecule has 31 heavy (non-hydrogen) atoms. The number of nitrogens with zero attached hydrogens (tertiary/aromatic N) is 6. The summed E-state index contributed by atoms with van der Waals surface area (Å²) in [4.78, 5) is 21.4. The molecule has 164 valence electrons. The van der Waals surface area contributed by atoms with Crippen molar-refractivity contribution in [2.24, 2.45) is 0 Å². The van der Waals surface area contributed by atoms with Gasteiger partial charge in [-0.3, -0.25) is 0 Å². The monoisotopic (exact) mass is 483 g/mol. The number of rotatable bonds is 4. The average molecular weight is 484 g/mol. The van der Waals surface area contributed by atoms with Crippen LogP contribution in [0, 0.1) is 0 Å². The lowest BCUT2D eigenvalue weighted by molar-refractivity contribution is 0.313. The van der Waals surface area contributed by atoms with Crippen molar-refractivity contribution in [3.63, 3.8) is 0 Å². The van der Waals surface area contributed by atoms with Gasteiger partial charge in [-0.05, 0) is 44.5 Å². The maximum atomic E-state index is 4.93. The van der Waals surface area contributed by atoms with E-state index in [1.54, 1.807) is 0 Å². The van der Waals surface area contributed by atoms with E-state index in [2.05, 4.69) is 66.0 Å². The summed E-state index contributed by atoms with van der Waals surface area (Å²) in [7, 11) is 2.17. The van der Waals surface area contributed by atoms with E-state index < -0.39 is 0 Å². The fraction of sp³-hybridized carbons (Fsp3) is 0.522. The zero-order valence-electron chi connectivity index (χ0n) is 18.3. The van der Waals surface area contributed by atoms with Gasteiger partial charge in [-0.2, -0.15) is 4.98 Å². The Labute approximate surface area is 192 Å². The summed E-state index contributed by atoms with van der Waals surface area (Å²) in [5.74, 6) is 2.42. The van der Waals surface area contributed by atoms with E-state index in [1.807, 2.05) is 18.5 Å². The van der Waals surface area contributed by atoms with Crippen LogP contribution >= 0.6 is 15.9 Å². The van der Waals surface area contributed by atoms with Gasteiger partial charge in [0.15, 0.2) is 0 Å². The summed E-state index contributed by atoms with van der Waals surface area (Å²) in [6.45, 7) is 7.29. The lowest BCUT2D eigenvalue weighted by Crippen LogP contribution is -2.44. The van der Waals surface area contributed by atoms with Crippen LogP contribution in [0.4, 0.5) is 23.3 Å². The third-order valence-corrected chi connectivity index (χ3v) is 7.63. The summed E-state index contributed by atoms with van der Waals surface area (Å²) >= 11 is 3.78. The van der Waals surface area contributed by atoms with Gasteiger partial charge in [0.05, 0.1) is 18.4 Å². The number of halogens is 1. The molecule has 1 saturated carbocycles. The Balaban J connectivity index is 1.35. The van der Waals surface area contributed by atoms with Gasteiger partial charge in [0.25, 0.3) is 0 Å². The molecule has 0 aromatic carbocycles. The molecule has 8 heteroatoms. The van der Waals surface area contributed by atoms with E-state index in [0.717, 1.165) is 49.9 Å². The molecule has 1 N–H and O–H groups in total. The van der Waals surface area contributed by atoms with Crippen LogP contribution in [0.25, 0.3) is 5.57 Å². The van der Waals surface area contributed by atoms with Gasteiger partial charge >= 0.3 is 0 Å². The van der Waals surface area contributed by atoms with Crippen LogP contribution < -0.4 is 15.1 Å². The van der Waals surface area contributed by atoms with Crippen molar-refractivity contribution < 1.29 is 0 Å². The Morgan fingerprint density at radius 2 is 1.81 bits per heavy atom. The third-order valence-electron chi connectivity index (χ3n) is 6.78. The molecule has 1 saturated heterocycles. The van der Waals surface area contributed by atoms with Crippen LogP contribution in [0.3, 0.4) is 0 Å². The van der Waals surface area contributed by atoms with E-state index in [4.69, 9.17) is 4.98 Å². The Morgan fingerprint density at radius 1 is 1.03 bits per heavy atom. The molecule has 2 aromatic rings. The number of piperazine rings is 1. The first-order chi connectivity index (χ1) is 15.1. The van der Waals surface area contributed by atoms with Crippen molar-refractivity contribution in [1.82, 2.24) is 19.9 Å². The van der Waals surface area contributed by atoms with Crippen LogP contribution in [0.15, 0.2) is 29.0 Å². The molecule has 7 nitrogen and oxygen atoms in total. The highest BCUT2D eigenvalue weighted by atomic mass is 79.9. The second-order valence-electron chi connectivity index (χ2n) is 8.84. The predicted octanol–water partition coefficient (Wildman–Crippen LogP) is 4.26. The van der Waals surface area contributed by atoms with E-state index in [9.17, 15) is 0 Å². The van der Waals surface area contributed by atoms with Gasteiger partial charge in [-0.1, -0.05) is 28.8 Å². The zero-order chi connectivity index (χ0) is 21.4. The second kappa shape index (κ2) is 8.74. The number of nitrogens with one attached hydrogen (secondary N) is 1. The van der Waals surface area contributed by atoms with Crippen LogP contribution in [-0.2, 0) is 0 Å². The predicted molar refractivity (Wildman–Crippen MR) is 130 cm³/mol. The minimum absolute atomic E-state index is 0.558. The normalized spacial score (nSPS) is 20.4. The van der Waals surface area contributed by atoms with Crippen molar-refractivity contribution in [2.45, 2.75) is 38.6 Å². The summed E-state index contributed by atoms with van der Waals surface area (Å²) in [5, 5.41) is 3.31. The number of hydrogen-bond donors (Lipinski definition) is 1. The molecule has 0 unspecified atom stereocenters. The molecule has 0 atom stereocenters. The minimum Gasteiger partial charge on any atom is -0.368 e. The molecule has 0 bridgehead atoms. The summed E-state index contributed by atoms with van der Waals surface area (Å²) in [6, 6.07) is 4.71. The molecule has 3 aliphatic rings. The molecular formula is C23H30BrN7. The van der Waals surface area contributed by atoms with Gasteiger partial charge in [-0.25, -0.2) is 9.97 Å². The van der Waals surface area contributed by atoms with Gasteiger partial charge in [0.1, 0.15) is 11.6 Å². The third kappa shape index (κ3) is 4.28. The maximum absolute atomic E-state index is 4.93. The van der Waals surface area contributed by atoms with Gasteiger partial charge in [-0.15, -0.1) is 0 Å². The van der Waals surface area contributed by atoms with Crippen LogP contribution in [0.1, 0.15) is 38.2 Å². The fourth-order valence-electron chi connectivity index (χ4n) is 4.75. The molecule has 0 spiro atoms. The molecule has 2 aliphatic heterocycles. The van der Waals surface area contributed by atoms with Crippen LogP contribution in [-0.4, -0.2) is 65.7 Å². The van der Waals surface area contributed by atoms with Crippen molar-refractivity contribution in [3.05, 3.63) is 34.6 Å². The smallest absolute Gasteiger partial charge is 0.230 e. The van der Waals surface area contributed by atoms with Crippen molar-refractivity contribution >= 4 is 44.8 Å². The Morgan fingerprint density at radius 3 is 2.52 bits per heavy atom. The SMILES string of the molecule is CC1=C(Br)CN(C2CCCC2)c2nc(Nc3ccc(N4CCN(C)CC4)cn3)ncc21. The number of hydrogen-bond acceptors (Lipinski definition) is 7. The molecule has 1 aliphatic carbocycles. The molecular weight excluding hydrogens is 454 g/mol. The molecule has 0 radical (unpaired) electrons. The van der Waals surface area contributed by atoms with E-state index in [-0.39, 0.29) is 0 Å². The average Bonchev–Trinajstić information content (AvgIpc) is 3.32. The number of pyridine rings is 1. The standard InChI is InChI=1S/C23H30BrN7/c1-16-19-14-26-23(28-22(19)31(15-20(16)24)17-5-3-4-6-17)27-21-8-7-18(13-25-21)30-11-9-29(2)10-12-30/h7-8,13-14,17H,3-6,9-12,15H2,1-2H3,(H,25,26,27,28). The summed E-state index contributed by atoms with van der Waals surface area (Å²) in [6.07, 6.45) is 8.97. The zero-order valence-corrected chi connectivity index (χ0v) is 19.9. The highest BCUT2D eigenvalue weighted by Gasteiger charge is 2.30. The molecule has 4 heterocycles. The maximum Gasteiger partial charge on any atom is 0.230 e. The lowest BCUT2D eigenvalue weighted by Gasteiger charge is -2.35. The summed E-state index contributed by atoms with van der Waals surface area (Å²) in [5.41, 5.74) is 3.52. The molecule has 2 aromatic heterocycles. The quantitative estimate of drug-likeness (QED) is 0.696. The van der Waals surface area contributed by atoms with E-state index in [0.29, 0.717) is 12.0 Å². The fourth-order valence-corrected chi connectivity index (χ4v) is 5.23. The molecule has 5 rings (SSSR count). The number of anilines is 4. The van der Waals surface area contributed by atoms with Gasteiger partial charge < -0.3 is 20.0 Å². The van der Waals surface area contributed by atoms with Crippen LogP contribution in [0.2, 0.25) is 0 Å². The Hall–Kier alpha value is -2.19. The Kier molecular flexibility index (Phi) is 5.84. The first kappa shape index (κ1) is 20.7. The topological polar surface area (TPSA) is 60.4 Å². The number of fused-ring (bicyclic) bond motifs is 1. The van der Waals surface area contributed by atoms with Gasteiger partial charge in [0.2, 0.25) is 5.95 Å². The largest absolute Gasteiger partial charge is 0.368 e. The van der Waals surface area contributed by atoms with Crippen molar-refractivity contribution in [2.75, 3.05) is 54.9 Å². The Bertz CT molecular complexity index is 960. The first-order valence-electron chi connectivity index (χ1n) is 11.2. The highest BCUT2D eigenvalue weighted by Crippen LogP contribution is 2.39. The van der Waals surface area contributed by atoms with Crippen LogP contribution in [0.5, 0.6) is 0 Å². The number of allylic oxidation sites excluding steroid dienone is 1. The lowest BCUT2D eigenvalue weighted by atomic mass is 10.0. The first-order valence-corrected chi connectivity index (χ1v) is 12.0. The van der Waals surface area contributed by atoms with Crippen molar-refractivity contribution in [3.8, 4) is 0 Å². The van der Waals surface area contributed by atoms with Crippen molar-refractivity contribution in [1.29, 1.82) is 0 Å². The molecule has 0 amide bonds. The van der Waals surface area contributed by atoms with Gasteiger partial charge in [0, 0.05) is 48.5 Å². The molecule has 2 fully saturated rings. The van der Waals surface area contributed by atoms with E-state index in [1.165, 1.54) is 41.4 Å². The number of likely N-dealkylation sites (N-methyl/N-ethyl adjacent to an activating group) is 1.